The summed E-state index contributed by atoms with van der Waals surface area (Å²) in [4.78, 5) is 12.7. The first kappa shape index (κ1) is 17.7. The number of hydrogen-bond acceptors (Lipinski definition) is 1. The minimum absolute atomic E-state index is 0.132. The minimum Gasteiger partial charge on any atom is -0.288 e. The van der Waals surface area contributed by atoms with Crippen molar-refractivity contribution in [3.05, 3.63) is 44.5 Å². The van der Waals surface area contributed by atoms with Gasteiger partial charge in [-0.05, 0) is 59.3 Å². The van der Waals surface area contributed by atoms with Crippen LogP contribution in [-0.2, 0) is 5.41 Å². The number of ketones is 1. The molecule has 120 valence electrons. The first-order chi connectivity index (χ1) is 10.4. The van der Waals surface area contributed by atoms with Crippen LogP contribution in [0.25, 0.3) is 0 Å². The Labute approximate surface area is 148 Å². The molecule has 0 saturated heterocycles. The number of halogens is 1. The zero-order chi connectivity index (χ0) is 16.2. The summed E-state index contributed by atoms with van der Waals surface area (Å²) in [5.74, 6) is 0.205. The second kappa shape index (κ2) is 7.76. The van der Waals surface area contributed by atoms with Crippen molar-refractivity contribution in [1.29, 1.82) is 0 Å². The van der Waals surface area contributed by atoms with Crippen LogP contribution in [0.15, 0.2) is 33.4 Å². The molecular weight excluding hydrogens is 383 g/mol. The van der Waals surface area contributed by atoms with Gasteiger partial charge >= 0.3 is 0 Å². The molecule has 0 aliphatic heterocycles. The van der Waals surface area contributed by atoms with E-state index in [4.69, 9.17) is 0 Å². The molecule has 0 bridgehead atoms. The normalized spacial score (nSPS) is 16.8. The molecule has 0 unspecified atom stereocenters. The fourth-order valence-electron chi connectivity index (χ4n) is 2.96. The molecule has 2 heteroatoms. The zero-order valence-electron chi connectivity index (χ0n) is 14.0. The average molecular weight is 410 g/mol. The summed E-state index contributed by atoms with van der Waals surface area (Å²) in [6, 6.07) is 8.18. The second-order valence-corrected chi connectivity index (χ2v) is 8.42. The van der Waals surface area contributed by atoms with Gasteiger partial charge in [-0.3, -0.25) is 4.79 Å². The molecule has 0 atom stereocenters. The molecule has 1 fully saturated rings. The van der Waals surface area contributed by atoms with Crippen molar-refractivity contribution in [2.75, 3.05) is 0 Å². The Bertz CT molecular complexity index is 536. The average Bonchev–Trinajstić information content (AvgIpc) is 2.45. The van der Waals surface area contributed by atoms with E-state index in [0.717, 1.165) is 22.0 Å². The molecule has 0 N–H and O–H groups in total. The Hall–Kier alpha value is -0.640. The second-order valence-electron chi connectivity index (χ2n) is 7.34. The summed E-state index contributed by atoms with van der Waals surface area (Å²) in [5.41, 5.74) is 3.61. The summed E-state index contributed by atoms with van der Waals surface area (Å²) < 4.78 is 0.961. The molecule has 1 saturated carbocycles. The molecule has 1 aromatic rings. The molecule has 2 rings (SSSR count). The summed E-state index contributed by atoms with van der Waals surface area (Å²) in [6.07, 6.45) is 8.64. The monoisotopic (exact) mass is 410 g/mol. The van der Waals surface area contributed by atoms with Crippen LogP contribution in [0.1, 0.15) is 81.6 Å². The quantitative estimate of drug-likeness (QED) is 0.305. The van der Waals surface area contributed by atoms with E-state index in [9.17, 15) is 4.79 Å². The number of Topliss-reactive ketones (excluding diaryl/α,β-unsaturated/α-hetero) is 1. The van der Waals surface area contributed by atoms with Crippen molar-refractivity contribution in [3.63, 3.8) is 0 Å². The fraction of sp³-hybridized carbons (Fsp3) is 0.550. The van der Waals surface area contributed by atoms with E-state index in [-0.39, 0.29) is 11.2 Å². The van der Waals surface area contributed by atoms with Crippen molar-refractivity contribution in [2.24, 2.45) is 0 Å². The van der Waals surface area contributed by atoms with Crippen LogP contribution in [0.3, 0.4) is 0 Å². The number of benzene rings is 1. The van der Waals surface area contributed by atoms with Gasteiger partial charge in [-0.1, -0.05) is 69.9 Å². The molecule has 1 nitrogen and oxygen atoms in total. The third kappa shape index (κ3) is 4.68. The highest BCUT2D eigenvalue weighted by Crippen LogP contribution is 2.30. The van der Waals surface area contributed by atoms with Gasteiger partial charge in [-0.15, -0.1) is 0 Å². The molecule has 1 aromatic carbocycles. The Morgan fingerprint density at radius 1 is 0.909 bits per heavy atom. The van der Waals surface area contributed by atoms with Gasteiger partial charge < -0.3 is 0 Å². The Morgan fingerprint density at radius 2 is 1.41 bits per heavy atom. The van der Waals surface area contributed by atoms with Crippen molar-refractivity contribution in [2.45, 2.75) is 71.1 Å². The first-order valence-corrected chi connectivity index (χ1v) is 9.50. The molecule has 0 amide bonds. The molecule has 0 heterocycles. The lowest BCUT2D eigenvalue weighted by molar-refractivity contribution is 0.104. The van der Waals surface area contributed by atoms with Crippen LogP contribution in [0.2, 0.25) is 0 Å². The van der Waals surface area contributed by atoms with Crippen LogP contribution in [-0.4, -0.2) is 5.78 Å². The van der Waals surface area contributed by atoms with Gasteiger partial charge in [0.05, 0.1) is 3.58 Å². The van der Waals surface area contributed by atoms with Crippen molar-refractivity contribution in [3.8, 4) is 0 Å². The lowest BCUT2D eigenvalue weighted by atomic mass is 9.86. The van der Waals surface area contributed by atoms with Gasteiger partial charge in [0, 0.05) is 5.56 Å². The summed E-state index contributed by atoms with van der Waals surface area (Å²) in [5, 5.41) is 0. The fourth-order valence-corrected chi connectivity index (χ4v) is 3.81. The third-order valence-electron chi connectivity index (χ3n) is 4.48. The van der Waals surface area contributed by atoms with E-state index < -0.39 is 0 Å². The van der Waals surface area contributed by atoms with Gasteiger partial charge in [0.1, 0.15) is 0 Å². The van der Waals surface area contributed by atoms with Crippen LogP contribution in [0, 0.1) is 0 Å². The largest absolute Gasteiger partial charge is 0.288 e. The summed E-state index contributed by atoms with van der Waals surface area (Å²) >= 11 is 2.28. The minimum atomic E-state index is 0.132. The maximum absolute atomic E-state index is 12.7. The number of allylic oxidation sites excluding steroid dienone is 2. The first-order valence-electron chi connectivity index (χ1n) is 8.42. The van der Waals surface area contributed by atoms with Gasteiger partial charge in [0.15, 0.2) is 5.78 Å². The van der Waals surface area contributed by atoms with Crippen molar-refractivity contribution >= 4 is 28.4 Å². The van der Waals surface area contributed by atoms with Crippen molar-refractivity contribution < 1.29 is 4.79 Å². The van der Waals surface area contributed by atoms with E-state index in [0.29, 0.717) is 0 Å². The maximum atomic E-state index is 12.7. The SMILES string of the molecule is CC(C)(C)c1ccc(C(=O)C(I)=C2CCCCCCC2)cc1. The van der Waals surface area contributed by atoms with Gasteiger partial charge in [-0.25, -0.2) is 0 Å². The highest BCUT2D eigenvalue weighted by Gasteiger charge is 2.18. The van der Waals surface area contributed by atoms with Crippen molar-refractivity contribution in [1.82, 2.24) is 0 Å². The maximum Gasteiger partial charge on any atom is 0.199 e. The molecule has 0 radical (unpaired) electrons. The van der Waals surface area contributed by atoms with E-state index >= 15 is 0 Å². The zero-order valence-corrected chi connectivity index (χ0v) is 16.2. The Kier molecular flexibility index (Phi) is 6.25. The van der Waals surface area contributed by atoms with Crippen LogP contribution < -0.4 is 0 Å². The smallest absolute Gasteiger partial charge is 0.199 e. The topological polar surface area (TPSA) is 17.1 Å². The lowest BCUT2D eigenvalue weighted by Crippen LogP contribution is -2.11. The number of rotatable bonds is 2. The van der Waals surface area contributed by atoms with Crippen LogP contribution in [0.4, 0.5) is 0 Å². The Morgan fingerprint density at radius 3 is 1.91 bits per heavy atom. The standard InChI is InChI=1S/C20H27IO/c1-20(2,3)17-13-11-16(12-14-17)19(22)18(21)15-9-7-5-4-6-8-10-15/h11-14H,4-10H2,1-3H3. The van der Waals surface area contributed by atoms with E-state index in [1.807, 2.05) is 12.1 Å². The summed E-state index contributed by atoms with van der Waals surface area (Å²) in [6.45, 7) is 6.60. The highest BCUT2D eigenvalue weighted by atomic mass is 127. The third-order valence-corrected chi connectivity index (χ3v) is 5.73. The lowest BCUT2D eigenvalue weighted by Gasteiger charge is -2.19. The van der Waals surface area contributed by atoms with Gasteiger partial charge in [0.2, 0.25) is 0 Å². The van der Waals surface area contributed by atoms with E-state index in [1.54, 1.807) is 0 Å². The number of hydrogen-bond donors (Lipinski definition) is 0. The van der Waals surface area contributed by atoms with Crippen LogP contribution in [0.5, 0.6) is 0 Å². The molecule has 0 aromatic heterocycles. The molecular formula is C20H27IO. The van der Waals surface area contributed by atoms with Gasteiger partial charge in [-0.2, -0.15) is 0 Å². The molecule has 1 aliphatic carbocycles. The number of carbonyl (C=O) groups excluding carboxylic acids is 1. The predicted octanol–water partition coefficient (Wildman–Crippen LogP) is 6.60. The predicted molar refractivity (Wildman–Crippen MR) is 103 cm³/mol. The highest BCUT2D eigenvalue weighted by molar-refractivity contribution is 14.1. The van der Waals surface area contributed by atoms with E-state index in [1.165, 1.54) is 43.2 Å². The molecule has 1 aliphatic rings. The number of carbonyl (C=O) groups is 1. The molecule has 22 heavy (non-hydrogen) atoms. The van der Waals surface area contributed by atoms with Crippen LogP contribution >= 0.6 is 22.6 Å². The summed E-state index contributed by atoms with van der Waals surface area (Å²) in [7, 11) is 0. The van der Waals surface area contributed by atoms with E-state index in [2.05, 4.69) is 55.5 Å². The molecule has 0 spiro atoms. The Balaban J connectivity index is 2.18. The van der Waals surface area contributed by atoms with Gasteiger partial charge in [0.25, 0.3) is 0 Å².